The van der Waals surface area contributed by atoms with Gasteiger partial charge in [-0.25, -0.2) is 19.9 Å². The van der Waals surface area contributed by atoms with Gasteiger partial charge in [0.2, 0.25) is 0 Å². The quantitative estimate of drug-likeness (QED) is 0.141. The molecule has 0 amide bonds. The van der Waals surface area contributed by atoms with Gasteiger partial charge in [-0.05, 0) is 70.8 Å². The summed E-state index contributed by atoms with van der Waals surface area (Å²) in [5.74, 6) is 0.756. The van der Waals surface area contributed by atoms with Crippen LogP contribution in [0.1, 0.15) is 16.7 Å². The van der Waals surface area contributed by atoms with Crippen LogP contribution in [0.25, 0.3) is 118 Å². The van der Waals surface area contributed by atoms with Gasteiger partial charge in [-0.2, -0.15) is 15.8 Å². The highest BCUT2D eigenvalue weighted by molar-refractivity contribution is 6.12. The Morgan fingerprint density at radius 3 is 0.986 bits per heavy atom. The van der Waals surface area contributed by atoms with Gasteiger partial charge in [0.25, 0.3) is 0 Å². The van der Waals surface area contributed by atoms with Gasteiger partial charge >= 0.3 is 0 Å². The summed E-state index contributed by atoms with van der Waals surface area (Å²) in [5, 5.41) is 33.7. The average Bonchev–Trinajstić information content (AvgIpc) is 3.80. The van der Waals surface area contributed by atoms with Crippen molar-refractivity contribution in [2.24, 2.45) is 0 Å². The number of rotatable bonds is 9. The fourth-order valence-electron chi connectivity index (χ4n) is 9.70. The first-order chi connectivity index (χ1) is 36.0. The summed E-state index contributed by atoms with van der Waals surface area (Å²) < 4.78 is 2.20. The monoisotopic (exact) mass is 930 g/mol. The minimum Gasteiger partial charge on any atom is -0.308 e. The topological polar surface area (TPSA) is 128 Å². The number of fused-ring (bicyclic) bond motifs is 3. The highest BCUT2D eigenvalue weighted by Gasteiger charge is 2.27. The maximum absolute atomic E-state index is 11.1. The third kappa shape index (κ3) is 8.12. The van der Waals surface area contributed by atoms with Crippen molar-refractivity contribution >= 4 is 21.8 Å². The largest absolute Gasteiger partial charge is 0.308 e. The zero-order valence-electron chi connectivity index (χ0n) is 39.0. The molecule has 0 saturated heterocycles. The Kier molecular flexibility index (Phi) is 11.2. The van der Waals surface area contributed by atoms with Crippen LogP contribution in [-0.4, -0.2) is 24.5 Å². The van der Waals surface area contributed by atoms with E-state index in [9.17, 15) is 15.8 Å². The van der Waals surface area contributed by atoms with Crippen LogP contribution >= 0.6 is 0 Å². The van der Waals surface area contributed by atoms with Crippen LogP contribution in [-0.2, 0) is 0 Å². The lowest BCUT2D eigenvalue weighted by atomic mass is 9.98. The van der Waals surface area contributed by atoms with Gasteiger partial charge in [0.15, 0.2) is 11.6 Å². The normalized spacial score (nSPS) is 11.0. The lowest BCUT2D eigenvalue weighted by Gasteiger charge is -2.20. The molecule has 3 aromatic heterocycles. The van der Waals surface area contributed by atoms with Crippen LogP contribution in [0.5, 0.6) is 0 Å². The molecule has 12 aromatic rings. The molecule has 0 N–H and O–H groups in total. The first kappa shape index (κ1) is 43.7. The third-order valence-electron chi connectivity index (χ3n) is 13.2. The smallest absolute Gasteiger partial charge is 0.162 e. The Morgan fingerprint density at radius 2 is 0.644 bits per heavy atom. The molecule has 0 saturated carbocycles. The van der Waals surface area contributed by atoms with E-state index in [4.69, 9.17) is 19.9 Å². The molecule has 0 bridgehead atoms. The minimum absolute atomic E-state index is 0.353. The van der Waals surface area contributed by atoms with Gasteiger partial charge in [0, 0.05) is 44.2 Å². The molecule has 0 fully saturated rings. The van der Waals surface area contributed by atoms with E-state index in [0.29, 0.717) is 67.9 Å². The molecule has 0 atom stereocenters. The molecule has 3 heterocycles. The van der Waals surface area contributed by atoms with E-state index in [2.05, 4.69) is 59.2 Å². The summed E-state index contributed by atoms with van der Waals surface area (Å²) in [4.78, 5) is 21.6. The molecule has 12 rings (SSSR count). The summed E-state index contributed by atoms with van der Waals surface area (Å²) in [7, 11) is 0. The molecule has 8 nitrogen and oxygen atoms in total. The van der Waals surface area contributed by atoms with Crippen LogP contribution in [0.4, 0.5) is 0 Å². The van der Waals surface area contributed by atoms with E-state index in [1.807, 2.05) is 194 Å². The van der Waals surface area contributed by atoms with Crippen molar-refractivity contribution in [3.8, 4) is 114 Å². The van der Waals surface area contributed by atoms with Crippen LogP contribution in [0.2, 0.25) is 0 Å². The fourth-order valence-corrected chi connectivity index (χ4v) is 9.70. The second kappa shape index (κ2) is 18.7. The van der Waals surface area contributed by atoms with Crippen molar-refractivity contribution in [3.63, 3.8) is 0 Å². The Labute approximate surface area is 421 Å². The first-order valence-corrected chi connectivity index (χ1v) is 23.7. The lowest BCUT2D eigenvalue weighted by Crippen LogP contribution is -2.07. The molecule has 9 aromatic carbocycles. The predicted octanol–water partition coefficient (Wildman–Crippen LogP) is 15.3. The van der Waals surface area contributed by atoms with Gasteiger partial charge in [0.1, 0.15) is 0 Å². The molecule has 0 spiro atoms. The zero-order chi connectivity index (χ0) is 49.3. The fraction of sp³-hybridized carbons (Fsp3) is 0. The summed E-state index contributed by atoms with van der Waals surface area (Å²) >= 11 is 0. The lowest BCUT2D eigenvalue weighted by molar-refractivity contribution is 1.12. The second-order valence-electron chi connectivity index (χ2n) is 17.5. The SMILES string of the molecule is N#Cc1cc(-c2nc(-c3ccccc3)cc(-c3ccccc3)n2)c(-n2c3cc(-c4ccccc4C#N)ccc3c3ccc(-c4ccccc4C#N)cc32)c(-c2nc(-c3ccccc3)cc(-c3ccccc3)n2)c1. The zero-order valence-corrected chi connectivity index (χ0v) is 39.0. The third-order valence-corrected chi connectivity index (χ3v) is 13.2. The molecule has 338 valence electrons. The number of benzene rings is 9. The van der Waals surface area contributed by atoms with E-state index < -0.39 is 0 Å². The average molecular weight is 931 g/mol. The van der Waals surface area contributed by atoms with Gasteiger partial charge in [-0.15, -0.1) is 0 Å². The molecule has 0 aliphatic rings. The maximum atomic E-state index is 11.1. The van der Waals surface area contributed by atoms with Crippen LogP contribution in [0.3, 0.4) is 0 Å². The van der Waals surface area contributed by atoms with Gasteiger partial charge in [0.05, 0.1) is 74.4 Å². The highest BCUT2D eigenvalue weighted by atomic mass is 15.0. The van der Waals surface area contributed by atoms with Crippen molar-refractivity contribution in [1.82, 2.24) is 24.5 Å². The molecule has 8 heteroatoms. The van der Waals surface area contributed by atoms with Crippen molar-refractivity contribution in [1.29, 1.82) is 15.8 Å². The van der Waals surface area contributed by atoms with Crippen molar-refractivity contribution in [2.75, 3.05) is 0 Å². The molecule has 0 aliphatic carbocycles. The van der Waals surface area contributed by atoms with Gasteiger partial charge < -0.3 is 4.57 Å². The van der Waals surface area contributed by atoms with Gasteiger partial charge in [-0.3, -0.25) is 0 Å². The van der Waals surface area contributed by atoms with Crippen molar-refractivity contribution < 1.29 is 0 Å². The summed E-state index contributed by atoms with van der Waals surface area (Å²) in [6, 6.07) is 82.8. The molecule has 0 unspecified atom stereocenters. The first-order valence-electron chi connectivity index (χ1n) is 23.7. The Bertz CT molecular complexity index is 3840. The van der Waals surface area contributed by atoms with Crippen molar-refractivity contribution in [2.45, 2.75) is 0 Å². The Hall–Kier alpha value is -10.6. The van der Waals surface area contributed by atoms with Crippen molar-refractivity contribution in [3.05, 3.63) is 247 Å². The van der Waals surface area contributed by atoms with E-state index in [1.165, 1.54) is 0 Å². The summed E-state index contributed by atoms with van der Waals surface area (Å²) in [6.07, 6.45) is 0. The molecular formula is C65H38N8. The summed E-state index contributed by atoms with van der Waals surface area (Å²) in [5.41, 5.74) is 14.4. The predicted molar refractivity (Wildman–Crippen MR) is 290 cm³/mol. The van der Waals surface area contributed by atoms with Crippen LogP contribution in [0.15, 0.2) is 231 Å². The number of nitriles is 3. The Morgan fingerprint density at radius 1 is 0.301 bits per heavy atom. The number of hydrogen-bond donors (Lipinski definition) is 0. The van der Waals surface area contributed by atoms with E-state index in [0.717, 1.165) is 66.3 Å². The maximum Gasteiger partial charge on any atom is 0.162 e. The molecule has 0 radical (unpaired) electrons. The van der Waals surface area contributed by atoms with Crippen LogP contribution in [0, 0.1) is 34.0 Å². The minimum atomic E-state index is 0.353. The van der Waals surface area contributed by atoms with E-state index in [-0.39, 0.29) is 0 Å². The Balaban J connectivity index is 1.27. The number of aromatic nitrogens is 5. The molecular weight excluding hydrogens is 893 g/mol. The number of nitrogens with zero attached hydrogens (tertiary/aromatic N) is 8. The van der Waals surface area contributed by atoms with E-state index >= 15 is 0 Å². The highest BCUT2D eigenvalue weighted by Crippen LogP contribution is 2.44. The molecule has 0 aliphatic heterocycles. The second-order valence-corrected chi connectivity index (χ2v) is 17.5. The van der Waals surface area contributed by atoms with E-state index in [1.54, 1.807) is 0 Å². The van der Waals surface area contributed by atoms with Gasteiger partial charge in [-0.1, -0.05) is 182 Å². The standard InChI is InChI=1S/C65H38N8/c66-39-42-33-55(64-69-57(43-17-5-1-6-18-43)37-58(70-64)44-19-7-2-8-20-44)63(56(34-42)65-71-59(45-21-9-3-10-22-45)38-60(72-65)46-23-11-4-12-24-46)73-61-35-47(51-27-15-13-25-49(51)40-67)29-31-53(61)54-32-30-48(36-62(54)73)52-28-16-14-26-50(52)41-68/h1-38H. The van der Waals surface area contributed by atoms with Crippen LogP contribution < -0.4 is 0 Å². The number of hydrogen-bond acceptors (Lipinski definition) is 7. The summed E-state index contributed by atoms with van der Waals surface area (Å²) in [6.45, 7) is 0. The molecule has 73 heavy (non-hydrogen) atoms.